The summed E-state index contributed by atoms with van der Waals surface area (Å²) in [6.07, 6.45) is 9.20. The van der Waals surface area contributed by atoms with E-state index in [9.17, 15) is 4.79 Å². The van der Waals surface area contributed by atoms with Gasteiger partial charge in [0.25, 0.3) is 0 Å². The zero-order valence-electron chi connectivity index (χ0n) is 14.9. The predicted molar refractivity (Wildman–Crippen MR) is 98.1 cm³/mol. The molecule has 3 aromatic heterocycles. The monoisotopic (exact) mass is 353 g/mol. The van der Waals surface area contributed by atoms with Crippen molar-refractivity contribution in [1.29, 1.82) is 0 Å². The molecule has 1 saturated heterocycles. The van der Waals surface area contributed by atoms with Crippen LogP contribution in [-0.4, -0.2) is 40.2 Å². The highest BCUT2D eigenvalue weighted by atomic mass is 16.6. The number of amides is 1. The summed E-state index contributed by atoms with van der Waals surface area (Å²) in [5.74, 6) is 0.429. The van der Waals surface area contributed by atoms with Gasteiger partial charge in [0.15, 0.2) is 0 Å². The molecule has 0 spiro atoms. The second-order valence-electron chi connectivity index (χ2n) is 6.68. The summed E-state index contributed by atoms with van der Waals surface area (Å²) in [5, 5.41) is 1.20. The summed E-state index contributed by atoms with van der Waals surface area (Å²) in [4.78, 5) is 18.3. The molecule has 4 rings (SSSR count). The molecule has 26 heavy (non-hydrogen) atoms. The van der Waals surface area contributed by atoms with Crippen LogP contribution in [-0.2, 0) is 11.3 Å². The molecule has 0 aliphatic carbocycles. The Morgan fingerprint density at radius 2 is 2.19 bits per heavy atom. The lowest BCUT2D eigenvalue weighted by Crippen LogP contribution is -2.38. The third kappa shape index (κ3) is 3.19. The minimum atomic E-state index is -0.199. The second kappa shape index (κ2) is 7.23. The number of carbonyl (C=O) groups excluding carboxylic acids is 1. The number of piperidine rings is 1. The van der Waals surface area contributed by atoms with E-state index in [1.165, 1.54) is 10.9 Å². The van der Waals surface area contributed by atoms with Gasteiger partial charge in [-0.1, -0.05) is 0 Å². The van der Waals surface area contributed by atoms with Crippen molar-refractivity contribution in [3.05, 3.63) is 54.2 Å². The number of nitrogens with zero attached hydrogens (tertiary/aromatic N) is 3. The third-order valence-electron chi connectivity index (χ3n) is 5.06. The first-order valence-corrected chi connectivity index (χ1v) is 9.12. The molecule has 0 unspecified atom stereocenters. The molecule has 0 atom stereocenters. The van der Waals surface area contributed by atoms with Crippen molar-refractivity contribution in [3.8, 4) is 0 Å². The van der Waals surface area contributed by atoms with E-state index in [1.807, 2.05) is 30.2 Å². The summed E-state index contributed by atoms with van der Waals surface area (Å²) >= 11 is 0. The van der Waals surface area contributed by atoms with Crippen molar-refractivity contribution in [3.63, 3.8) is 0 Å². The van der Waals surface area contributed by atoms with Crippen molar-refractivity contribution >= 4 is 17.1 Å². The fourth-order valence-electron chi connectivity index (χ4n) is 3.76. The van der Waals surface area contributed by atoms with E-state index < -0.39 is 0 Å². The number of fused-ring (bicyclic) bond motifs is 1. The van der Waals surface area contributed by atoms with Crippen LogP contribution in [0.25, 0.3) is 11.0 Å². The quantitative estimate of drug-likeness (QED) is 0.711. The van der Waals surface area contributed by atoms with Crippen LogP contribution >= 0.6 is 0 Å². The summed E-state index contributed by atoms with van der Waals surface area (Å²) in [6.45, 7) is 4.47. The second-order valence-corrected chi connectivity index (χ2v) is 6.68. The Kier molecular flexibility index (Phi) is 4.65. The molecule has 6 heteroatoms. The number of furan rings is 1. The normalized spacial score (nSPS) is 15.5. The first-order chi connectivity index (χ1) is 12.8. The minimum Gasteiger partial charge on any atom is -0.472 e. The molecule has 0 bridgehead atoms. The number of carbonyl (C=O) groups is 1. The van der Waals surface area contributed by atoms with Crippen LogP contribution in [0.3, 0.4) is 0 Å². The maximum absolute atomic E-state index is 11.9. The van der Waals surface area contributed by atoms with Crippen molar-refractivity contribution in [2.75, 3.05) is 19.7 Å². The average molecular weight is 353 g/mol. The maximum atomic E-state index is 11.9. The molecule has 1 aliphatic heterocycles. The standard InChI is InChI=1S/C20H23N3O3/c1-2-26-20(24)22-9-5-16(6-10-22)18-13-23(12-15-7-11-25-14-15)19-17(18)4-3-8-21-19/h3-4,7-8,11,13-14,16H,2,5-6,9-10,12H2,1H3. The number of pyridine rings is 1. The SMILES string of the molecule is CCOC(=O)N1CCC(c2cn(Cc3ccoc3)c3ncccc23)CC1. The van der Waals surface area contributed by atoms with Crippen molar-refractivity contribution in [2.24, 2.45) is 0 Å². The minimum absolute atomic E-state index is 0.199. The lowest BCUT2D eigenvalue weighted by molar-refractivity contribution is 0.0971. The van der Waals surface area contributed by atoms with E-state index in [2.05, 4.69) is 21.8 Å². The Bertz CT molecular complexity index is 877. The Hall–Kier alpha value is -2.76. The molecule has 0 radical (unpaired) electrons. The molecule has 0 aromatic carbocycles. The molecular formula is C20H23N3O3. The van der Waals surface area contributed by atoms with Crippen molar-refractivity contribution in [2.45, 2.75) is 32.2 Å². The van der Waals surface area contributed by atoms with Crippen LogP contribution in [0.15, 0.2) is 47.5 Å². The highest BCUT2D eigenvalue weighted by Gasteiger charge is 2.27. The number of likely N-dealkylation sites (tertiary alicyclic amines) is 1. The largest absolute Gasteiger partial charge is 0.472 e. The van der Waals surface area contributed by atoms with Gasteiger partial charge in [0.2, 0.25) is 0 Å². The molecule has 3 aromatic rings. The van der Waals surface area contributed by atoms with Gasteiger partial charge in [0.1, 0.15) is 5.65 Å². The number of hydrogen-bond donors (Lipinski definition) is 0. The van der Waals surface area contributed by atoms with Gasteiger partial charge in [-0.15, -0.1) is 0 Å². The molecule has 1 aliphatic rings. The molecule has 0 N–H and O–H groups in total. The Labute approximate surface area is 152 Å². The molecule has 1 amide bonds. The molecular weight excluding hydrogens is 330 g/mol. The molecule has 6 nitrogen and oxygen atoms in total. The molecule has 0 saturated carbocycles. The fraction of sp³-hybridized carbons (Fsp3) is 0.400. The summed E-state index contributed by atoms with van der Waals surface area (Å²) in [6, 6.07) is 6.11. The first-order valence-electron chi connectivity index (χ1n) is 9.12. The molecule has 1 fully saturated rings. The lowest BCUT2D eigenvalue weighted by Gasteiger charge is -2.31. The highest BCUT2D eigenvalue weighted by Crippen LogP contribution is 2.34. The zero-order chi connectivity index (χ0) is 17.9. The van der Waals surface area contributed by atoms with Crippen LogP contribution in [0.4, 0.5) is 4.79 Å². The van der Waals surface area contributed by atoms with Crippen molar-refractivity contribution < 1.29 is 13.9 Å². The predicted octanol–water partition coefficient (Wildman–Crippen LogP) is 4.01. The van der Waals surface area contributed by atoms with Gasteiger partial charge in [0.05, 0.1) is 25.7 Å². The third-order valence-corrected chi connectivity index (χ3v) is 5.06. The summed E-state index contributed by atoms with van der Waals surface area (Å²) in [5.41, 5.74) is 3.44. The van der Waals surface area contributed by atoms with E-state index in [0.29, 0.717) is 12.5 Å². The van der Waals surface area contributed by atoms with E-state index in [1.54, 1.807) is 12.5 Å². The van der Waals surface area contributed by atoms with Gasteiger partial charge >= 0.3 is 6.09 Å². The zero-order valence-corrected chi connectivity index (χ0v) is 14.9. The first kappa shape index (κ1) is 16.7. The van der Waals surface area contributed by atoms with Gasteiger partial charge in [-0.05, 0) is 49.4 Å². The van der Waals surface area contributed by atoms with Gasteiger partial charge < -0.3 is 18.6 Å². The van der Waals surface area contributed by atoms with Crippen LogP contribution < -0.4 is 0 Å². The fourth-order valence-corrected chi connectivity index (χ4v) is 3.76. The van der Waals surface area contributed by atoms with Gasteiger partial charge in [-0.25, -0.2) is 9.78 Å². The Morgan fingerprint density at radius 1 is 1.35 bits per heavy atom. The van der Waals surface area contributed by atoms with E-state index in [4.69, 9.17) is 9.15 Å². The lowest BCUT2D eigenvalue weighted by atomic mass is 9.90. The van der Waals surface area contributed by atoms with Gasteiger partial charge in [0, 0.05) is 36.4 Å². The topological polar surface area (TPSA) is 60.5 Å². The van der Waals surface area contributed by atoms with Crippen LogP contribution in [0.5, 0.6) is 0 Å². The van der Waals surface area contributed by atoms with E-state index in [0.717, 1.165) is 43.7 Å². The number of hydrogen-bond acceptors (Lipinski definition) is 4. The maximum Gasteiger partial charge on any atom is 0.409 e. The Balaban J connectivity index is 1.56. The molecule has 136 valence electrons. The smallest absolute Gasteiger partial charge is 0.409 e. The number of rotatable bonds is 4. The molecule has 4 heterocycles. The van der Waals surface area contributed by atoms with Crippen LogP contribution in [0.1, 0.15) is 36.8 Å². The number of ether oxygens (including phenoxy) is 1. The summed E-state index contributed by atoms with van der Waals surface area (Å²) in [7, 11) is 0. The highest BCUT2D eigenvalue weighted by molar-refractivity contribution is 5.81. The average Bonchev–Trinajstić information content (AvgIpc) is 3.31. The van der Waals surface area contributed by atoms with Gasteiger partial charge in [-0.3, -0.25) is 0 Å². The van der Waals surface area contributed by atoms with Gasteiger partial charge in [-0.2, -0.15) is 0 Å². The summed E-state index contributed by atoms with van der Waals surface area (Å²) < 4.78 is 12.5. The van der Waals surface area contributed by atoms with Crippen molar-refractivity contribution in [1.82, 2.24) is 14.5 Å². The number of aromatic nitrogens is 2. The van der Waals surface area contributed by atoms with Crippen LogP contribution in [0, 0.1) is 0 Å². The van der Waals surface area contributed by atoms with Crippen LogP contribution in [0.2, 0.25) is 0 Å². The van der Waals surface area contributed by atoms with E-state index >= 15 is 0 Å². The van der Waals surface area contributed by atoms with E-state index in [-0.39, 0.29) is 6.09 Å². The Morgan fingerprint density at radius 3 is 2.92 bits per heavy atom.